The SMILES string of the molecule is Nc1cc(Br)c(=O)n(Cc2ccc(Cl)c(Cl)c2)c1. The highest BCUT2D eigenvalue weighted by Gasteiger charge is 2.05. The van der Waals surface area contributed by atoms with Crippen LogP contribution in [0.3, 0.4) is 0 Å². The van der Waals surface area contributed by atoms with Gasteiger partial charge in [0.25, 0.3) is 5.56 Å². The Balaban J connectivity index is 2.40. The summed E-state index contributed by atoms with van der Waals surface area (Å²) in [6, 6.07) is 6.82. The fourth-order valence-electron chi connectivity index (χ4n) is 1.57. The Bertz CT molecular complexity index is 655. The Morgan fingerprint density at radius 3 is 2.61 bits per heavy atom. The van der Waals surface area contributed by atoms with Gasteiger partial charge in [0.1, 0.15) is 0 Å². The Morgan fingerprint density at radius 2 is 1.94 bits per heavy atom. The number of hydrogen-bond donors (Lipinski definition) is 1. The maximum atomic E-state index is 11.9. The summed E-state index contributed by atoms with van der Waals surface area (Å²) in [7, 11) is 0. The minimum absolute atomic E-state index is 0.143. The van der Waals surface area contributed by atoms with Gasteiger partial charge in [-0.15, -0.1) is 0 Å². The zero-order valence-corrected chi connectivity index (χ0v) is 12.3. The third-order valence-corrected chi connectivity index (χ3v) is 3.71. The Kier molecular flexibility index (Phi) is 4.00. The molecule has 0 unspecified atom stereocenters. The van der Waals surface area contributed by atoms with E-state index in [1.54, 1.807) is 24.4 Å². The van der Waals surface area contributed by atoms with Crippen LogP contribution in [0.25, 0.3) is 0 Å². The van der Waals surface area contributed by atoms with E-state index in [1.807, 2.05) is 6.07 Å². The van der Waals surface area contributed by atoms with Crippen LogP contribution in [0, 0.1) is 0 Å². The predicted molar refractivity (Wildman–Crippen MR) is 78.4 cm³/mol. The van der Waals surface area contributed by atoms with E-state index in [0.717, 1.165) is 5.56 Å². The molecular weight excluding hydrogens is 339 g/mol. The fourth-order valence-corrected chi connectivity index (χ4v) is 2.39. The molecule has 1 aromatic carbocycles. The van der Waals surface area contributed by atoms with Crippen LogP contribution < -0.4 is 11.3 Å². The number of nitrogens with two attached hydrogens (primary N) is 1. The van der Waals surface area contributed by atoms with Gasteiger partial charge in [0.2, 0.25) is 0 Å². The second-order valence-corrected chi connectivity index (χ2v) is 5.47. The van der Waals surface area contributed by atoms with E-state index in [1.165, 1.54) is 4.57 Å². The summed E-state index contributed by atoms with van der Waals surface area (Å²) in [6.07, 6.45) is 1.59. The van der Waals surface area contributed by atoms with Gasteiger partial charge in [-0.3, -0.25) is 4.79 Å². The van der Waals surface area contributed by atoms with Crippen LogP contribution in [0.5, 0.6) is 0 Å². The summed E-state index contributed by atoms with van der Waals surface area (Å²) < 4.78 is 1.95. The molecule has 1 aromatic heterocycles. The highest BCUT2D eigenvalue weighted by atomic mass is 79.9. The highest BCUT2D eigenvalue weighted by molar-refractivity contribution is 9.10. The van der Waals surface area contributed by atoms with E-state index in [4.69, 9.17) is 28.9 Å². The van der Waals surface area contributed by atoms with Crippen LogP contribution in [0.15, 0.2) is 39.7 Å². The van der Waals surface area contributed by atoms with Gasteiger partial charge < -0.3 is 10.3 Å². The number of rotatable bonds is 2. The zero-order chi connectivity index (χ0) is 13.3. The molecule has 0 bridgehead atoms. The summed E-state index contributed by atoms with van der Waals surface area (Å²) in [5, 5.41) is 0.951. The summed E-state index contributed by atoms with van der Waals surface area (Å²) in [5.41, 5.74) is 6.95. The van der Waals surface area contributed by atoms with Crippen molar-refractivity contribution in [3.05, 3.63) is 60.9 Å². The maximum Gasteiger partial charge on any atom is 0.265 e. The molecule has 0 saturated heterocycles. The van der Waals surface area contributed by atoms with Gasteiger partial charge in [-0.05, 0) is 39.7 Å². The van der Waals surface area contributed by atoms with E-state index in [2.05, 4.69) is 15.9 Å². The highest BCUT2D eigenvalue weighted by Crippen LogP contribution is 2.23. The molecule has 0 fully saturated rings. The molecule has 1 heterocycles. The van der Waals surface area contributed by atoms with Gasteiger partial charge in [-0.25, -0.2) is 0 Å². The monoisotopic (exact) mass is 346 g/mol. The fraction of sp³-hybridized carbons (Fsp3) is 0.0833. The lowest BCUT2D eigenvalue weighted by Crippen LogP contribution is -2.21. The van der Waals surface area contributed by atoms with Crippen molar-refractivity contribution in [2.24, 2.45) is 0 Å². The number of halogens is 3. The normalized spacial score (nSPS) is 10.6. The molecule has 0 aliphatic carbocycles. The first-order valence-corrected chi connectivity index (χ1v) is 6.61. The lowest BCUT2D eigenvalue weighted by atomic mass is 10.2. The first kappa shape index (κ1) is 13.5. The number of nitrogens with zero attached hydrogens (tertiary/aromatic N) is 1. The number of hydrogen-bond acceptors (Lipinski definition) is 2. The molecule has 0 aliphatic rings. The van der Waals surface area contributed by atoms with Crippen LogP contribution >= 0.6 is 39.1 Å². The summed E-state index contributed by atoms with van der Waals surface area (Å²) in [6.45, 7) is 0.388. The summed E-state index contributed by atoms with van der Waals surface area (Å²) in [5.74, 6) is 0. The summed E-state index contributed by atoms with van der Waals surface area (Å²) in [4.78, 5) is 11.9. The Hall–Kier alpha value is -0.970. The third kappa shape index (κ3) is 2.88. The van der Waals surface area contributed by atoms with Gasteiger partial charge in [0.15, 0.2) is 0 Å². The van der Waals surface area contributed by atoms with Crippen LogP contribution in [-0.4, -0.2) is 4.57 Å². The maximum absolute atomic E-state index is 11.9. The molecule has 18 heavy (non-hydrogen) atoms. The van der Waals surface area contributed by atoms with Gasteiger partial charge in [-0.1, -0.05) is 29.3 Å². The van der Waals surface area contributed by atoms with Gasteiger partial charge in [0, 0.05) is 11.9 Å². The standard InChI is InChI=1S/C12H9BrCl2N2O/c13-9-4-8(16)6-17(12(9)18)5-7-1-2-10(14)11(15)3-7/h1-4,6H,5,16H2. The average molecular weight is 348 g/mol. The zero-order valence-electron chi connectivity index (χ0n) is 9.16. The molecule has 0 radical (unpaired) electrons. The molecule has 0 atom stereocenters. The molecule has 2 N–H and O–H groups in total. The average Bonchev–Trinajstić information content (AvgIpc) is 2.30. The largest absolute Gasteiger partial charge is 0.398 e. The minimum atomic E-state index is -0.143. The second kappa shape index (κ2) is 5.34. The van der Waals surface area contributed by atoms with Gasteiger partial charge in [-0.2, -0.15) is 0 Å². The second-order valence-electron chi connectivity index (χ2n) is 3.80. The third-order valence-electron chi connectivity index (χ3n) is 2.40. The van der Waals surface area contributed by atoms with Crippen molar-refractivity contribution >= 4 is 44.8 Å². The van der Waals surface area contributed by atoms with Crippen molar-refractivity contribution in [1.82, 2.24) is 4.57 Å². The van der Waals surface area contributed by atoms with Crippen molar-refractivity contribution in [2.45, 2.75) is 6.54 Å². The molecule has 6 heteroatoms. The van der Waals surface area contributed by atoms with Crippen molar-refractivity contribution < 1.29 is 0 Å². The number of pyridine rings is 1. The number of anilines is 1. The van der Waals surface area contributed by atoms with E-state index in [0.29, 0.717) is 26.8 Å². The van der Waals surface area contributed by atoms with Crippen LogP contribution in [-0.2, 0) is 6.54 Å². The minimum Gasteiger partial charge on any atom is -0.398 e. The number of nitrogen functional groups attached to an aromatic ring is 1. The van der Waals surface area contributed by atoms with Crippen molar-refractivity contribution in [1.29, 1.82) is 0 Å². The first-order chi connectivity index (χ1) is 8.47. The molecule has 2 aromatic rings. The lowest BCUT2D eigenvalue weighted by molar-refractivity contribution is 0.757. The summed E-state index contributed by atoms with van der Waals surface area (Å²) >= 11 is 14.9. The number of aromatic nitrogens is 1. The van der Waals surface area contributed by atoms with Crippen molar-refractivity contribution in [3.63, 3.8) is 0 Å². The van der Waals surface area contributed by atoms with E-state index < -0.39 is 0 Å². The Morgan fingerprint density at radius 1 is 1.22 bits per heavy atom. The molecule has 0 aliphatic heterocycles. The van der Waals surface area contributed by atoms with Crippen molar-refractivity contribution in [3.8, 4) is 0 Å². The molecule has 0 amide bonds. The van der Waals surface area contributed by atoms with Gasteiger partial charge in [0.05, 0.1) is 21.1 Å². The first-order valence-electron chi connectivity index (χ1n) is 5.07. The van der Waals surface area contributed by atoms with E-state index >= 15 is 0 Å². The van der Waals surface area contributed by atoms with Crippen LogP contribution in [0.1, 0.15) is 5.56 Å². The molecular formula is C12H9BrCl2N2O. The molecule has 0 spiro atoms. The van der Waals surface area contributed by atoms with Crippen molar-refractivity contribution in [2.75, 3.05) is 5.73 Å². The van der Waals surface area contributed by atoms with E-state index in [-0.39, 0.29) is 5.56 Å². The quantitative estimate of drug-likeness (QED) is 0.903. The Labute approximate surface area is 122 Å². The number of benzene rings is 1. The lowest BCUT2D eigenvalue weighted by Gasteiger charge is -2.08. The molecule has 2 rings (SSSR count). The van der Waals surface area contributed by atoms with E-state index in [9.17, 15) is 4.79 Å². The topological polar surface area (TPSA) is 48.0 Å². The molecule has 0 saturated carbocycles. The predicted octanol–water partition coefficient (Wildman–Crippen LogP) is 3.55. The molecule has 3 nitrogen and oxygen atoms in total. The molecule has 94 valence electrons. The van der Waals surface area contributed by atoms with Crippen LogP contribution in [0.2, 0.25) is 10.0 Å². The smallest absolute Gasteiger partial charge is 0.265 e. The van der Waals surface area contributed by atoms with Crippen LogP contribution in [0.4, 0.5) is 5.69 Å². The van der Waals surface area contributed by atoms with Gasteiger partial charge >= 0.3 is 0 Å².